The Kier molecular flexibility index (Phi) is 5.93. The monoisotopic (exact) mass is 398 g/mol. The SMILES string of the molecule is CCOc1ccc(/C=C2\SC(=S)N([C@@H](C(=O)[O-])c3ccccc3)C2=O)cc1. The van der Waals surface area contributed by atoms with Crippen molar-refractivity contribution in [3.05, 3.63) is 70.6 Å². The summed E-state index contributed by atoms with van der Waals surface area (Å²) < 4.78 is 5.59. The third-order valence-electron chi connectivity index (χ3n) is 3.91. The van der Waals surface area contributed by atoms with E-state index in [-0.39, 0.29) is 4.32 Å². The Morgan fingerprint density at radius 2 is 1.89 bits per heavy atom. The summed E-state index contributed by atoms with van der Waals surface area (Å²) in [4.78, 5) is 26.0. The van der Waals surface area contributed by atoms with Gasteiger partial charge in [0.05, 0.1) is 17.5 Å². The number of ether oxygens (including phenoxy) is 1. The molecule has 5 nitrogen and oxygen atoms in total. The van der Waals surface area contributed by atoms with Gasteiger partial charge in [-0.3, -0.25) is 9.69 Å². The Hall–Kier alpha value is -2.64. The van der Waals surface area contributed by atoms with Crippen LogP contribution in [0.5, 0.6) is 5.75 Å². The van der Waals surface area contributed by atoms with Gasteiger partial charge in [-0.15, -0.1) is 0 Å². The molecule has 1 heterocycles. The van der Waals surface area contributed by atoms with Crippen LogP contribution in [0.1, 0.15) is 24.1 Å². The summed E-state index contributed by atoms with van der Waals surface area (Å²) in [6.07, 6.45) is 1.69. The smallest absolute Gasteiger partial charge is 0.267 e. The fourth-order valence-corrected chi connectivity index (χ4v) is 4.02. The van der Waals surface area contributed by atoms with Gasteiger partial charge in [0.15, 0.2) is 0 Å². The molecule has 1 saturated heterocycles. The lowest BCUT2D eigenvalue weighted by Crippen LogP contribution is -2.43. The molecule has 0 spiro atoms. The van der Waals surface area contributed by atoms with Crippen LogP contribution in [0.3, 0.4) is 0 Å². The highest BCUT2D eigenvalue weighted by atomic mass is 32.2. The molecule has 2 aromatic carbocycles. The molecule has 1 aliphatic heterocycles. The molecular weight excluding hydrogens is 382 g/mol. The van der Waals surface area contributed by atoms with E-state index in [2.05, 4.69) is 0 Å². The minimum Gasteiger partial charge on any atom is -0.547 e. The summed E-state index contributed by atoms with van der Waals surface area (Å²) in [6.45, 7) is 2.47. The van der Waals surface area contributed by atoms with Crippen LogP contribution < -0.4 is 9.84 Å². The number of rotatable bonds is 6. The van der Waals surface area contributed by atoms with E-state index >= 15 is 0 Å². The largest absolute Gasteiger partial charge is 0.547 e. The van der Waals surface area contributed by atoms with E-state index in [1.165, 1.54) is 0 Å². The van der Waals surface area contributed by atoms with Crippen LogP contribution in [0.15, 0.2) is 59.5 Å². The van der Waals surface area contributed by atoms with Gasteiger partial charge >= 0.3 is 0 Å². The van der Waals surface area contributed by atoms with Crippen LogP contribution in [-0.4, -0.2) is 27.7 Å². The van der Waals surface area contributed by atoms with Gasteiger partial charge in [-0.25, -0.2) is 0 Å². The summed E-state index contributed by atoms with van der Waals surface area (Å²) in [7, 11) is 0. The zero-order chi connectivity index (χ0) is 19.4. The molecule has 0 radical (unpaired) electrons. The standard InChI is InChI=1S/C20H17NO4S2/c1-2-25-15-10-8-13(9-11-15)12-16-18(22)21(20(26)27-16)17(19(23)24)14-6-4-3-5-7-14/h3-12,17H,2H2,1H3,(H,23,24)/p-1/b16-12-/t17-/m1/s1. The number of thiocarbonyl (C=S) groups is 1. The maximum atomic E-state index is 12.8. The minimum absolute atomic E-state index is 0.190. The molecule has 0 aromatic heterocycles. The van der Waals surface area contributed by atoms with E-state index in [1.54, 1.807) is 36.4 Å². The number of thioether (sulfide) groups is 1. The molecule has 138 valence electrons. The summed E-state index contributed by atoms with van der Waals surface area (Å²) in [5, 5.41) is 11.7. The molecule has 0 saturated carbocycles. The van der Waals surface area contributed by atoms with Gasteiger partial charge in [-0.05, 0) is 36.3 Å². The topological polar surface area (TPSA) is 69.7 Å². The fraction of sp³-hybridized carbons (Fsp3) is 0.150. The summed E-state index contributed by atoms with van der Waals surface area (Å²) in [5.41, 5.74) is 1.24. The van der Waals surface area contributed by atoms with Gasteiger partial charge in [0.2, 0.25) is 0 Å². The molecule has 1 amide bonds. The predicted molar refractivity (Wildman–Crippen MR) is 107 cm³/mol. The molecule has 3 rings (SSSR count). The van der Waals surface area contributed by atoms with Gasteiger partial charge in [-0.2, -0.15) is 0 Å². The fourth-order valence-electron chi connectivity index (χ4n) is 2.71. The zero-order valence-corrected chi connectivity index (χ0v) is 16.1. The molecule has 0 N–H and O–H groups in total. The second kappa shape index (κ2) is 8.37. The van der Waals surface area contributed by atoms with E-state index in [4.69, 9.17) is 17.0 Å². The van der Waals surface area contributed by atoms with Crippen LogP contribution in [-0.2, 0) is 9.59 Å². The van der Waals surface area contributed by atoms with Crippen molar-refractivity contribution in [3.63, 3.8) is 0 Å². The van der Waals surface area contributed by atoms with Crippen molar-refractivity contribution in [1.29, 1.82) is 0 Å². The van der Waals surface area contributed by atoms with Gasteiger partial charge in [-0.1, -0.05) is 66.4 Å². The van der Waals surface area contributed by atoms with E-state index < -0.39 is 17.9 Å². The lowest BCUT2D eigenvalue weighted by molar-refractivity contribution is -0.310. The Morgan fingerprint density at radius 3 is 2.48 bits per heavy atom. The second-order valence-electron chi connectivity index (χ2n) is 5.69. The normalized spacial score (nSPS) is 16.6. The first-order valence-corrected chi connectivity index (χ1v) is 9.49. The maximum Gasteiger partial charge on any atom is 0.267 e. The summed E-state index contributed by atoms with van der Waals surface area (Å²) in [6, 6.07) is 14.5. The Morgan fingerprint density at radius 1 is 1.22 bits per heavy atom. The second-order valence-corrected chi connectivity index (χ2v) is 7.36. The molecule has 1 aliphatic rings. The van der Waals surface area contributed by atoms with Crippen molar-refractivity contribution >= 4 is 46.3 Å². The molecule has 7 heteroatoms. The van der Waals surface area contributed by atoms with Gasteiger partial charge in [0.25, 0.3) is 5.91 Å². The number of aliphatic carboxylic acids is 1. The molecule has 1 fully saturated rings. The van der Waals surface area contributed by atoms with Crippen molar-refractivity contribution < 1.29 is 19.4 Å². The van der Waals surface area contributed by atoms with Gasteiger partial charge < -0.3 is 14.6 Å². The number of carboxylic acid groups (broad SMARTS) is 1. The maximum absolute atomic E-state index is 12.8. The van der Waals surface area contributed by atoms with E-state index in [1.807, 2.05) is 31.2 Å². The summed E-state index contributed by atoms with van der Waals surface area (Å²) in [5.74, 6) is -1.08. The number of carbonyl (C=O) groups excluding carboxylic acids is 2. The van der Waals surface area contributed by atoms with Crippen LogP contribution in [0.25, 0.3) is 6.08 Å². The molecular formula is C20H16NO4S2-. The molecule has 1 atom stereocenters. The van der Waals surface area contributed by atoms with Crippen LogP contribution in [0, 0.1) is 0 Å². The number of amides is 1. The molecule has 0 unspecified atom stereocenters. The van der Waals surface area contributed by atoms with Crippen LogP contribution in [0.2, 0.25) is 0 Å². The first-order chi connectivity index (χ1) is 13.0. The number of hydrogen-bond donors (Lipinski definition) is 0. The van der Waals surface area contributed by atoms with Crippen LogP contribution >= 0.6 is 24.0 Å². The molecule has 27 heavy (non-hydrogen) atoms. The third-order valence-corrected chi connectivity index (χ3v) is 5.24. The first-order valence-electron chi connectivity index (χ1n) is 8.27. The minimum atomic E-state index is -1.38. The third kappa shape index (κ3) is 4.20. The number of nitrogens with zero attached hydrogens (tertiary/aromatic N) is 1. The van der Waals surface area contributed by atoms with Crippen molar-refractivity contribution in [2.75, 3.05) is 6.61 Å². The van der Waals surface area contributed by atoms with Crippen molar-refractivity contribution in [2.45, 2.75) is 13.0 Å². The number of hydrogen-bond acceptors (Lipinski definition) is 6. The molecule has 2 aromatic rings. The van der Waals surface area contributed by atoms with Crippen molar-refractivity contribution in [1.82, 2.24) is 4.90 Å². The van der Waals surface area contributed by atoms with Crippen LogP contribution in [0.4, 0.5) is 0 Å². The molecule has 0 aliphatic carbocycles. The highest BCUT2D eigenvalue weighted by Gasteiger charge is 2.38. The average molecular weight is 398 g/mol. The van der Waals surface area contributed by atoms with E-state index in [0.717, 1.165) is 28.0 Å². The first kappa shape index (κ1) is 19.1. The summed E-state index contributed by atoms with van der Waals surface area (Å²) >= 11 is 6.36. The van der Waals surface area contributed by atoms with Crippen molar-refractivity contribution in [3.8, 4) is 5.75 Å². The average Bonchev–Trinajstić information content (AvgIpc) is 2.92. The van der Waals surface area contributed by atoms with E-state index in [9.17, 15) is 14.7 Å². The Bertz CT molecular complexity index is 894. The van der Waals surface area contributed by atoms with E-state index in [0.29, 0.717) is 17.1 Å². The number of carbonyl (C=O) groups is 2. The lowest BCUT2D eigenvalue weighted by atomic mass is 10.1. The quantitative estimate of drug-likeness (QED) is 0.551. The zero-order valence-electron chi connectivity index (χ0n) is 14.5. The number of benzene rings is 2. The van der Waals surface area contributed by atoms with Crippen molar-refractivity contribution in [2.24, 2.45) is 0 Å². The highest BCUT2D eigenvalue weighted by Crippen LogP contribution is 2.38. The van der Waals surface area contributed by atoms with Gasteiger partial charge in [0.1, 0.15) is 16.1 Å². The number of carboxylic acids is 1. The predicted octanol–water partition coefficient (Wildman–Crippen LogP) is 2.78. The Labute approximate surface area is 166 Å². The van der Waals surface area contributed by atoms with Gasteiger partial charge in [0, 0.05) is 0 Å². The Balaban J connectivity index is 1.88. The molecule has 0 bridgehead atoms. The highest BCUT2D eigenvalue weighted by molar-refractivity contribution is 8.26. The lowest BCUT2D eigenvalue weighted by Gasteiger charge is -2.27.